The molecule has 1 aliphatic rings. The molecule has 22 heavy (non-hydrogen) atoms. The maximum Gasteiger partial charge on any atom is 0.151 e. The van der Waals surface area contributed by atoms with E-state index in [9.17, 15) is 8.42 Å². The summed E-state index contributed by atoms with van der Waals surface area (Å²) >= 11 is 0. The Hall–Kier alpha value is -0.980. The fourth-order valence-electron chi connectivity index (χ4n) is 3.23. The summed E-state index contributed by atoms with van der Waals surface area (Å²) in [6.45, 7) is 5.55. The highest BCUT2D eigenvalue weighted by Gasteiger charge is 2.33. The van der Waals surface area contributed by atoms with Gasteiger partial charge in [-0.05, 0) is 44.5 Å². The Morgan fingerprint density at radius 3 is 2.91 bits per heavy atom. The molecule has 1 unspecified atom stereocenters. The van der Waals surface area contributed by atoms with Gasteiger partial charge < -0.3 is 5.32 Å². The molecule has 0 aliphatic carbocycles. The lowest BCUT2D eigenvalue weighted by molar-refractivity contribution is 0.269. The van der Waals surface area contributed by atoms with Crippen LogP contribution in [0.5, 0.6) is 0 Å². The Kier molecular flexibility index (Phi) is 5.94. The number of likely N-dealkylation sites (tertiary alicyclic amines) is 1. The first-order chi connectivity index (χ1) is 10.4. The third-order valence-electron chi connectivity index (χ3n) is 4.47. The molecule has 0 radical (unpaired) electrons. The number of nitrogens with one attached hydrogen (secondary N) is 1. The number of sulfone groups is 1. The summed E-state index contributed by atoms with van der Waals surface area (Å²) in [5, 5.41) is 3.41. The first kappa shape index (κ1) is 17.4. The molecule has 124 valence electrons. The van der Waals surface area contributed by atoms with Crippen molar-refractivity contribution in [3.8, 4) is 0 Å². The van der Waals surface area contributed by atoms with Crippen molar-refractivity contribution in [1.82, 2.24) is 15.2 Å². The average Bonchev–Trinajstić information content (AvgIpc) is 2.86. The highest BCUT2D eigenvalue weighted by Crippen LogP contribution is 2.35. The molecule has 0 bridgehead atoms. The van der Waals surface area contributed by atoms with Crippen molar-refractivity contribution < 1.29 is 8.42 Å². The number of hydrogen-bond donors (Lipinski definition) is 1. The molecule has 0 amide bonds. The first-order valence-corrected chi connectivity index (χ1v) is 9.79. The van der Waals surface area contributed by atoms with Gasteiger partial charge in [0.15, 0.2) is 9.84 Å². The molecule has 0 aromatic carbocycles. The molecule has 1 fully saturated rings. The number of aromatic nitrogens is 1. The quantitative estimate of drug-likeness (QED) is 0.823. The second kappa shape index (κ2) is 7.53. The van der Waals surface area contributed by atoms with E-state index < -0.39 is 9.84 Å². The predicted molar refractivity (Wildman–Crippen MR) is 89.5 cm³/mol. The first-order valence-electron chi connectivity index (χ1n) is 7.97. The van der Waals surface area contributed by atoms with Crippen molar-refractivity contribution in [2.75, 3.05) is 31.6 Å². The molecule has 1 aliphatic heterocycles. The monoisotopic (exact) mass is 325 g/mol. The standard InChI is InChI=1S/C16H27N3O2S/c1-4-22(20,21)12-13(2)18-11-15-7-9-19(3)16(15)14-6-5-8-17-10-14/h5-6,8,10,13,15-16,18H,4,7,9,11-12H2,1-3H3/t13?,15-,16-/m0/s1. The molecule has 3 atom stereocenters. The Bertz CT molecular complexity index is 562. The smallest absolute Gasteiger partial charge is 0.151 e. The van der Waals surface area contributed by atoms with Gasteiger partial charge in [0.2, 0.25) is 0 Å². The van der Waals surface area contributed by atoms with E-state index in [1.54, 1.807) is 13.1 Å². The molecule has 5 nitrogen and oxygen atoms in total. The molecule has 2 heterocycles. The topological polar surface area (TPSA) is 62.3 Å². The molecular formula is C16H27N3O2S. The van der Waals surface area contributed by atoms with Crippen LogP contribution >= 0.6 is 0 Å². The van der Waals surface area contributed by atoms with Crippen LogP contribution < -0.4 is 5.32 Å². The molecule has 1 aromatic rings. The van der Waals surface area contributed by atoms with E-state index in [2.05, 4.69) is 28.3 Å². The van der Waals surface area contributed by atoms with Crippen LogP contribution in [0.1, 0.15) is 31.9 Å². The predicted octanol–water partition coefficient (Wildman–Crippen LogP) is 1.49. The van der Waals surface area contributed by atoms with Crippen LogP contribution in [0, 0.1) is 5.92 Å². The second-order valence-corrected chi connectivity index (χ2v) is 8.67. The van der Waals surface area contributed by atoms with Gasteiger partial charge in [0.1, 0.15) is 0 Å². The minimum Gasteiger partial charge on any atom is -0.313 e. The van der Waals surface area contributed by atoms with E-state index in [1.807, 2.05) is 19.2 Å². The molecule has 1 aromatic heterocycles. The summed E-state index contributed by atoms with van der Waals surface area (Å²) in [6.07, 6.45) is 4.85. The normalized spacial score (nSPS) is 24.5. The van der Waals surface area contributed by atoms with Gasteiger partial charge in [0.05, 0.1) is 5.75 Å². The van der Waals surface area contributed by atoms with Crippen LogP contribution in [0.3, 0.4) is 0 Å². The van der Waals surface area contributed by atoms with Crippen LogP contribution in [0.2, 0.25) is 0 Å². The summed E-state index contributed by atoms with van der Waals surface area (Å²) in [5.41, 5.74) is 1.24. The lowest BCUT2D eigenvalue weighted by atomic mass is 9.94. The SMILES string of the molecule is CCS(=O)(=O)CC(C)NC[C@@H]1CCN(C)[C@H]1c1cccnc1. The van der Waals surface area contributed by atoms with Crippen LogP contribution in [0.4, 0.5) is 0 Å². The van der Waals surface area contributed by atoms with E-state index in [-0.39, 0.29) is 17.5 Å². The molecule has 0 spiro atoms. The van der Waals surface area contributed by atoms with Crippen LogP contribution in [-0.2, 0) is 9.84 Å². The fraction of sp³-hybridized carbons (Fsp3) is 0.688. The van der Waals surface area contributed by atoms with Gasteiger partial charge in [-0.2, -0.15) is 0 Å². The summed E-state index contributed by atoms with van der Waals surface area (Å²) in [5.74, 6) is 0.911. The lowest BCUT2D eigenvalue weighted by Crippen LogP contribution is -2.38. The number of pyridine rings is 1. The van der Waals surface area contributed by atoms with Gasteiger partial charge in [0, 0.05) is 36.8 Å². The van der Waals surface area contributed by atoms with Gasteiger partial charge in [-0.25, -0.2) is 8.42 Å². The van der Waals surface area contributed by atoms with E-state index in [0.29, 0.717) is 12.0 Å². The van der Waals surface area contributed by atoms with Crippen molar-refractivity contribution in [2.24, 2.45) is 5.92 Å². The van der Waals surface area contributed by atoms with Crippen LogP contribution in [0.25, 0.3) is 0 Å². The summed E-state index contributed by atoms with van der Waals surface area (Å²) in [6, 6.07) is 4.45. The molecule has 1 saturated heterocycles. The van der Waals surface area contributed by atoms with Crippen molar-refractivity contribution in [3.05, 3.63) is 30.1 Å². The molecular weight excluding hydrogens is 298 g/mol. The average molecular weight is 325 g/mol. The summed E-state index contributed by atoms with van der Waals surface area (Å²) in [7, 11) is -0.782. The van der Waals surface area contributed by atoms with E-state index in [0.717, 1.165) is 19.5 Å². The molecule has 1 N–H and O–H groups in total. The van der Waals surface area contributed by atoms with Crippen LogP contribution in [0.15, 0.2) is 24.5 Å². The highest BCUT2D eigenvalue weighted by atomic mass is 32.2. The Morgan fingerprint density at radius 2 is 2.27 bits per heavy atom. The van der Waals surface area contributed by atoms with Gasteiger partial charge in [-0.15, -0.1) is 0 Å². The largest absolute Gasteiger partial charge is 0.313 e. The summed E-state index contributed by atoms with van der Waals surface area (Å²) in [4.78, 5) is 6.58. The van der Waals surface area contributed by atoms with Gasteiger partial charge >= 0.3 is 0 Å². The lowest BCUT2D eigenvalue weighted by Gasteiger charge is -2.26. The third kappa shape index (κ3) is 4.51. The minimum atomic E-state index is -2.92. The molecule has 0 saturated carbocycles. The molecule has 2 rings (SSSR count). The Labute approximate surface area is 134 Å². The zero-order valence-corrected chi connectivity index (χ0v) is 14.5. The van der Waals surface area contributed by atoms with Gasteiger partial charge in [-0.1, -0.05) is 13.0 Å². The van der Waals surface area contributed by atoms with Crippen molar-refractivity contribution in [2.45, 2.75) is 32.4 Å². The minimum absolute atomic E-state index is 0.00888. The second-order valence-electron chi connectivity index (χ2n) is 6.27. The third-order valence-corrected chi connectivity index (χ3v) is 6.36. The van der Waals surface area contributed by atoms with Crippen molar-refractivity contribution >= 4 is 9.84 Å². The van der Waals surface area contributed by atoms with E-state index >= 15 is 0 Å². The number of hydrogen-bond acceptors (Lipinski definition) is 5. The zero-order valence-electron chi connectivity index (χ0n) is 13.7. The maximum atomic E-state index is 11.7. The fourth-order valence-corrected chi connectivity index (χ4v) is 4.34. The van der Waals surface area contributed by atoms with E-state index in [1.165, 1.54) is 5.56 Å². The maximum absolute atomic E-state index is 11.7. The van der Waals surface area contributed by atoms with Crippen molar-refractivity contribution in [1.29, 1.82) is 0 Å². The van der Waals surface area contributed by atoms with Gasteiger partial charge in [-0.3, -0.25) is 9.88 Å². The Balaban J connectivity index is 1.94. The Morgan fingerprint density at radius 1 is 1.50 bits per heavy atom. The van der Waals surface area contributed by atoms with Gasteiger partial charge in [0.25, 0.3) is 0 Å². The number of nitrogens with zero attached hydrogens (tertiary/aromatic N) is 2. The zero-order chi connectivity index (χ0) is 16.2. The number of rotatable bonds is 7. The highest BCUT2D eigenvalue weighted by molar-refractivity contribution is 7.91. The summed E-state index contributed by atoms with van der Waals surface area (Å²) < 4.78 is 23.4. The van der Waals surface area contributed by atoms with Crippen molar-refractivity contribution in [3.63, 3.8) is 0 Å². The molecule has 6 heteroatoms. The van der Waals surface area contributed by atoms with E-state index in [4.69, 9.17) is 0 Å². The van der Waals surface area contributed by atoms with Crippen LogP contribution in [-0.4, -0.2) is 56.0 Å².